The molecule has 1 aliphatic heterocycles. The molecular formula is C26H30N2O6S. The van der Waals surface area contributed by atoms with E-state index in [-0.39, 0.29) is 16.2 Å². The lowest BCUT2D eigenvalue weighted by molar-refractivity contribution is 0.0473. The Balaban J connectivity index is 1.47. The van der Waals surface area contributed by atoms with Gasteiger partial charge in [-0.15, -0.1) is 0 Å². The first-order valence-corrected chi connectivity index (χ1v) is 13.1. The molecule has 3 heterocycles. The summed E-state index contributed by atoms with van der Waals surface area (Å²) >= 11 is 0. The summed E-state index contributed by atoms with van der Waals surface area (Å²) in [5.41, 5.74) is 2.83. The van der Waals surface area contributed by atoms with Crippen molar-refractivity contribution in [1.29, 1.82) is 0 Å². The van der Waals surface area contributed by atoms with Crippen LogP contribution in [0.2, 0.25) is 0 Å². The highest BCUT2D eigenvalue weighted by molar-refractivity contribution is 7.89. The topological polar surface area (TPSA) is 98.8 Å². The van der Waals surface area contributed by atoms with E-state index in [1.54, 1.807) is 25.3 Å². The second kappa shape index (κ2) is 10.2. The molecule has 1 aliphatic rings. The van der Waals surface area contributed by atoms with Crippen LogP contribution in [0, 0.1) is 20.8 Å². The van der Waals surface area contributed by atoms with Gasteiger partial charge in [0.25, 0.3) is 0 Å². The maximum absolute atomic E-state index is 13.0. The van der Waals surface area contributed by atoms with Crippen molar-refractivity contribution in [3.8, 4) is 0 Å². The van der Waals surface area contributed by atoms with E-state index in [9.17, 15) is 18.0 Å². The Kier molecular flexibility index (Phi) is 7.28. The summed E-state index contributed by atoms with van der Waals surface area (Å²) in [5.74, 6) is -0.282. The van der Waals surface area contributed by atoms with Crippen LogP contribution >= 0.6 is 0 Å². The van der Waals surface area contributed by atoms with E-state index >= 15 is 0 Å². The zero-order valence-electron chi connectivity index (χ0n) is 20.2. The molecule has 1 saturated heterocycles. The molecule has 2 aromatic heterocycles. The number of aryl methyl sites for hydroxylation is 2. The zero-order chi connectivity index (χ0) is 25.2. The monoisotopic (exact) mass is 498 g/mol. The highest BCUT2D eigenvalue weighted by Gasteiger charge is 2.27. The molecular weight excluding hydrogens is 468 g/mol. The van der Waals surface area contributed by atoms with Crippen LogP contribution in [0.3, 0.4) is 0 Å². The summed E-state index contributed by atoms with van der Waals surface area (Å²) < 4.78 is 40.2. The summed E-state index contributed by atoms with van der Waals surface area (Å²) in [5, 5.41) is 0. The van der Waals surface area contributed by atoms with Crippen molar-refractivity contribution in [2.45, 2.75) is 51.5 Å². The molecule has 186 valence electrons. The number of nitrogens with zero attached hydrogens (tertiary/aromatic N) is 2. The van der Waals surface area contributed by atoms with Gasteiger partial charge in [-0.2, -0.15) is 4.31 Å². The molecule has 0 saturated carbocycles. The predicted molar refractivity (Wildman–Crippen MR) is 130 cm³/mol. The largest absolute Gasteiger partial charge is 0.467 e. The van der Waals surface area contributed by atoms with Gasteiger partial charge in [-0.3, -0.25) is 4.79 Å². The van der Waals surface area contributed by atoms with Crippen LogP contribution < -0.4 is 0 Å². The van der Waals surface area contributed by atoms with Gasteiger partial charge >= 0.3 is 5.97 Å². The van der Waals surface area contributed by atoms with Crippen LogP contribution in [0.25, 0.3) is 0 Å². The summed E-state index contributed by atoms with van der Waals surface area (Å²) in [7, 11) is -3.69. The third kappa shape index (κ3) is 5.26. The lowest BCUT2D eigenvalue weighted by atomic mass is 10.1. The van der Waals surface area contributed by atoms with Crippen LogP contribution in [0.1, 0.15) is 62.7 Å². The molecule has 0 unspecified atom stereocenters. The first kappa shape index (κ1) is 24.9. The molecule has 35 heavy (non-hydrogen) atoms. The minimum atomic E-state index is -3.69. The van der Waals surface area contributed by atoms with Gasteiger partial charge in [0.1, 0.15) is 5.76 Å². The number of ether oxygens (including phenoxy) is 1. The number of Topliss-reactive ketones (excluding diaryl/α,β-unsaturated/α-hetero) is 1. The summed E-state index contributed by atoms with van der Waals surface area (Å²) in [6, 6.07) is 9.90. The minimum absolute atomic E-state index is 0.0600. The standard InChI is InChI=1S/C26H30N2O6S/c1-18-9-10-22(35(31,32)27-11-5-4-6-12-27)15-23(18)26(30)34-17-25(29)24-14-19(2)28(20(24)3)16-21-8-7-13-33-21/h7-10,13-15H,4-6,11-12,16-17H2,1-3H3. The fourth-order valence-electron chi connectivity index (χ4n) is 4.41. The number of aromatic nitrogens is 1. The number of benzene rings is 1. The second-order valence-electron chi connectivity index (χ2n) is 8.89. The maximum atomic E-state index is 13.0. The predicted octanol–water partition coefficient (Wildman–Crippen LogP) is 4.27. The number of piperidine rings is 1. The smallest absolute Gasteiger partial charge is 0.338 e. The van der Waals surface area contributed by atoms with Crippen molar-refractivity contribution in [2.24, 2.45) is 0 Å². The highest BCUT2D eigenvalue weighted by Crippen LogP contribution is 2.24. The third-order valence-corrected chi connectivity index (χ3v) is 8.38. The summed E-state index contributed by atoms with van der Waals surface area (Å²) in [6.07, 6.45) is 4.26. The number of ketones is 1. The lowest BCUT2D eigenvalue weighted by Gasteiger charge is -2.26. The molecule has 0 spiro atoms. The molecule has 9 heteroatoms. The van der Waals surface area contributed by atoms with Crippen molar-refractivity contribution in [1.82, 2.24) is 8.87 Å². The second-order valence-corrected chi connectivity index (χ2v) is 10.8. The van der Waals surface area contributed by atoms with E-state index in [0.717, 1.165) is 36.4 Å². The molecule has 3 aromatic rings. The Morgan fingerprint density at radius 1 is 1.00 bits per heavy atom. The molecule has 8 nitrogen and oxygen atoms in total. The van der Waals surface area contributed by atoms with Gasteiger partial charge in [-0.05, 0) is 69.5 Å². The molecule has 0 N–H and O–H groups in total. The summed E-state index contributed by atoms with van der Waals surface area (Å²) in [4.78, 5) is 25.8. The third-order valence-electron chi connectivity index (χ3n) is 6.48. The molecule has 0 aliphatic carbocycles. The number of rotatable bonds is 8. The van der Waals surface area contributed by atoms with Crippen molar-refractivity contribution < 1.29 is 27.2 Å². The van der Waals surface area contributed by atoms with Crippen molar-refractivity contribution >= 4 is 21.8 Å². The Labute approximate surface area is 205 Å². The zero-order valence-corrected chi connectivity index (χ0v) is 21.1. The summed E-state index contributed by atoms with van der Waals surface area (Å²) in [6.45, 7) is 6.45. The van der Waals surface area contributed by atoms with E-state index in [1.807, 2.05) is 30.5 Å². The number of esters is 1. The van der Waals surface area contributed by atoms with E-state index in [1.165, 1.54) is 16.4 Å². The molecule has 1 aromatic carbocycles. The van der Waals surface area contributed by atoms with Crippen LogP contribution in [-0.2, 0) is 21.3 Å². The first-order valence-electron chi connectivity index (χ1n) is 11.7. The average Bonchev–Trinajstić information content (AvgIpc) is 3.47. The van der Waals surface area contributed by atoms with Crippen LogP contribution in [0.15, 0.2) is 52.0 Å². The Hall–Kier alpha value is -3.17. The van der Waals surface area contributed by atoms with E-state index < -0.39 is 22.6 Å². The lowest BCUT2D eigenvalue weighted by Crippen LogP contribution is -2.35. The van der Waals surface area contributed by atoms with Crippen molar-refractivity contribution in [2.75, 3.05) is 19.7 Å². The molecule has 1 fully saturated rings. The van der Waals surface area contributed by atoms with Gasteiger partial charge in [-0.1, -0.05) is 12.5 Å². The molecule has 0 atom stereocenters. The van der Waals surface area contributed by atoms with Crippen molar-refractivity contribution in [3.63, 3.8) is 0 Å². The van der Waals surface area contributed by atoms with Gasteiger partial charge in [0, 0.05) is 30.0 Å². The minimum Gasteiger partial charge on any atom is -0.467 e. The van der Waals surface area contributed by atoms with E-state index in [4.69, 9.17) is 9.15 Å². The number of hydrogen-bond donors (Lipinski definition) is 0. The number of carbonyl (C=O) groups is 2. The van der Waals surface area contributed by atoms with E-state index in [0.29, 0.717) is 30.8 Å². The molecule has 0 radical (unpaired) electrons. The van der Waals surface area contributed by atoms with Crippen LogP contribution in [0.5, 0.6) is 0 Å². The normalized spacial score (nSPS) is 14.7. The van der Waals surface area contributed by atoms with Gasteiger partial charge in [0.05, 0.1) is 23.3 Å². The molecule has 0 bridgehead atoms. The fourth-order valence-corrected chi connectivity index (χ4v) is 5.95. The average molecular weight is 499 g/mol. The Morgan fingerprint density at radius 3 is 2.43 bits per heavy atom. The highest BCUT2D eigenvalue weighted by atomic mass is 32.2. The Morgan fingerprint density at radius 2 is 1.74 bits per heavy atom. The van der Waals surface area contributed by atoms with Crippen molar-refractivity contribution in [3.05, 3.63) is 76.5 Å². The van der Waals surface area contributed by atoms with Crippen LogP contribution in [0.4, 0.5) is 0 Å². The van der Waals surface area contributed by atoms with Crippen LogP contribution in [-0.4, -0.2) is 48.7 Å². The van der Waals surface area contributed by atoms with Gasteiger partial charge < -0.3 is 13.7 Å². The molecule has 0 amide bonds. The van der Waals surface area contributed by atoms with Gasteiger partial charge in [-0.25, -0.2) is 13.2 Å². The Bertz CT molecular complexity index is 1330. The molecule has 4 rings (SSSR count). The SMILES string of the molecule is Cc1ccc(S(=O)(=O)N2CCCCC2)cc1C(=O)OCC(=O)c1cc(C)n(Cc2ccco2)c1C. The number of hydrogen-bond acceptors (Lipinski definition) is 6. The maximum Gasteiger partial charge on any atom is 0.338 e. The number of sulfonamides is 1. The first-order chi connectivity index (χ1) is 16.7. The number of furan rings is 1. The van der Waals surface area contributed by atoms with Gasteiger partial charge in [0.2, 0.25) is 15.8 Å². The number of carbonyl (C=O) groups excluding carboxylic acids is 2. The van der Waals surface area contributed by atoms with Gasteiger partial charge in [0.15, 0.2) is 6.61 Å². The van der Waals surface area contributed by atoms with E-state index in [2.05, 4.69) is 0 Å². The fraction of sp³-hybridized carbons (Fsp3) is 0.385. The quantitative estimate of drug-likeness (QED) is 0.340.